The number of phosphoric acid groups is 1. The van der Waals surface area contributed by atoms with E-state index in [9.17, 15) is 19.3 Å². The van der Waals surface area contributed by atoms with Gasteiger partial charge in [-0.25, -0.2) is 4.57 Å². The third-order valence-electron chi connectivity index (χ3n) is 8.63. The number of carbonyl (C=O) groups is 2. The number of aliphatic hydroxyl groups excluding tert-OH is 1. The average Bonchev–Trinajstić information content (AvgIpc) is 3.12. The number of rotatable bonds is 37. The van der Waals surface area contributed by atoms with Crippen molar-refractivity contribution in [3.05, 3.63) is 60.8 Å². The number of aliphatic hydroxyl groups is 1. The number of phosphoric ester groups is 1. The van der Waals surface area contributed by atoms with Gasteiger partial charge in [0.05, 0.1) is 12.7 Å². The van der Waals surface area contributed by atoms with Crippen LogP contribution in [0.25, 0.3) is 0 Å². The van der Waals surface area contributed by atoms with Gasteiger partial charge < -0.3 is 24.4 Å². The lowest BCUT2D eigenvalue weighted by molar-refractivity contribution is -0.161. The van der Waals surface area contributed by atoms with E-state index in [4.69, 9.17) is 19.3 Å². The van der Waals surface area contributed by atoms with Gasteiger partial charge in [-0.1, -0.05) is 177 Å². The quantitative estimate of drug-likeness (QED) is 0.0185. The van der Waals surface area contributed by atoms with Gasteiger partial charge in [-0.3, -0.25) is 14.1 Å². The molecule has 0 heterocycles. The predicted molar refractivity (Wildman–Crippen MR) is 217 cm³/mol. The highest BCUT2D eigenvalue weighted by Crippen LogP contribution is 2.36. The van der Waals surface area contributed by atoms with E-state index in [1.54, 1.807) is 6.08 Å². The van der Waals surface area contributed by atoms with Crippen LogP contribution in [0.3, 0.4) is 0 Å². The number of unbranched alkanes of at least 4 members (excludes halogenated alkanes) is 17. The van der Waals surface area contributed by atoms with Crippen molar-refractivity contribution in [1.29, 1.82) is 0 Å². The molecular weight excluding hydrogens is 691 g/mol. The lowest BCUT2D eigenvalue weighted by atomic mass is 10.0. The van der Waals surface area contributed by atoms with Crippen molar-refractivity contribution in [2.75, 3.05) is 13.2 Å². The number of hydrogen-bond donors (Lipinski definition) is 3. The average molecular weight is 767 g/mol. The zero-order valence-electron chi connectivity index (χ0n) is 33.3. The van der Waals surface area contributed by atoms with Gasteiger partial charge in [0.15, 0.2) is 6.10 Å². The van der Waals surface area contributed by atoms with Gasteiger partial charge in [0.25, 0.3) is 0 Å². The summed E-state index contributed by atoms with van der Waals surface area (Å²) in [7, 11) is -4.78. The first-order chi connectivity index (χ1) is 25.7. The topological polar surface area (TPSA) is 140 Å². The SMILES string of the molecule is CC/C=C\C/C=C\CC(O)/C=C/C=C\C/C=C\CCCC(=O)OC[C@H](COP(=O)(O)O)OC(=O)CCCCCCCCCCCCCCCCCCC. The lowest BCUT2D eigenvalue weighted by Crippen LogP contribution is -2.29. The van der Waals surface area contributed by atoms with Crippen LogP contribution in [0.4, 0.5) is 0 Å². The van der Waals surface area contributed by atoms with E-state index in [0.29, 0.717) is 25.7 Å². The van der Waals surface area contributed by atoms with E-state index in [0.717, 1.165) is 38.5 Å². The fraction of sp³-hybridized carbons (Fsp3) is 0.721. The van der Waals surface area contributed by atoms with Crippen molar-refractivity contribution >= 4 is 19.8 Å². The third-order valence-corrected chi connectivity index (χ3v) is 9.12. The van der Waals surface area contributed by atoms with Crippen molar-refractivity contribution in [1.82, 2.24) is 0 Å². The van der Waals surface area contributed by atoms with Crippen LogP contribution in [-0.4, -0.2) is 52.3 Å². The van der Waals surface area contributed by atoms with Gasteiger partial charge in [0.1, 0.15) is 6.61 Å². The molecule has 0 aliphatic heterocycles. The Balaban J connectivity index is 4.07. The molecule has 53 heavy (non-hydrogen) atoms. The summed E-state index contributed by atoms with van der Waals surface area (Å²) < 4.78 is 26.3. The summed E-state index contributed by atoms with van der Waals surface area (Å²) in [6.07, 6.45) is 44.0. The summed E-state index contributed by atoms with van der Waals surface area (Å²) in [4.78, 5) is 42.8. The fourth-order valence-electron chi connectivity index (χ4n) is 5.55. The molecule has 0 spiro atoms. The summed E-state index contributed by atoms with van der Waals surface area (Å²) in [5.74, 6) is -0.991. The first kappa shape index (κ1) is 50.7. The standard InChI is InChI=1S/C43H75O9P/c1-3-5-7-9-11-12-13-14-15-16-17-18-19-20-25-29-33-37-43(46)52-41(39-51-53(47,48)49)38-50-42(45)36-32-28-24-22-21-23-27-31-35-40(44)34-30-26-10-8-6-4-2/h6,8,22-24,26-27,30-31,35,40-41,44H,3-5,7,9-21,25,28-29,32-34,36-39H2,1-2H3,(H2,47,48,49)/b8-6-,24-22-,27-23-,30-26-,35-31+/t40?,41-/m1/s1. The van der Waals surface area contributed by atoms with Gasteiger partial charge in [-0.05, 0) is 44.9 Å². The van der Waals surface area contributed by atoms with Crippen molar-refractivity contribution in [2.45, 2.75) is 187 Å². The highest BCUT2D eigenvalue weighted by atomic mass is 31.2. The first-order valence-electron chi connectivity index (χ1n) is 20.7. The molecule has 3 N–H and O–H groups in total. The van der Waals surface area contributed by atoms with Crippen LogP contribution in [0.2, 0.25) is 0 Å². The largest absolute Gasteiger partial charge is 0.469 e. The molecule has 0 saturated carbocycles. The number of carbonyl (C=O) groups excluding carboxylic acids is 2. The molecule has 306 valence electrons. The Morgan fingerprint density at radius 3 is 1.72 bits per heavy atom. The molecule has 2 atom stereocenters. The smallest absolute Gasteiger partial charge is 0.462 e. The van der Waals surface area contributed by atoms with Crippen LogP contribution >= 0.6 is 7.82 Å². The number of allylic oxidation sites excluding steroid dienone is 8. The molecule has 0 aromatic heterocycles. The van der Waals surface area contributed by atoms with Crippen LogP contribution in [0, 0.1) is 0 Å². The second kappa shape index (κ2) is 38.0. The lowest BCUT2D eigenvalue weighted by Gasteiger charge is -2.18. The minimum absolute atomic E-state index is 0.156. The molecule has 0 saturated heterocycles. The summed E-state index contributed by atoms with van der Waals surface area (Å²) in [5, 5.41) is 9.97. The summed E-state index contributed by atoms with van der Waals surface area (Å²) in [5.41, 5.74) is 0. The molecule has 1 unspecified atom stereocenters. The summed E-state index contributed by atoms with van der Waals surface area (Å²) in [6.45, 7) is 3.45. The van der Waals surface area contributed by atoms with E-state index in [1.165, 1.54) is 83.5 Å². The van der Waals surface area contributed by atoms with Crippen LogP contribution in [0.1, 0.15) is 174 Å². The molecule has 0 radical (unpaired) electrons. The molecule has 0 aromatic rings. The number of hydrogen-bond acceptors (Lipinski definition) is 7. The Morgan fingerprint density at radius 2 is 1.13 bits per heavy atom. The van der Waals surface area contributed by atoms with Crippen LogP contribution in [-0.2, 0) is 28.2 Å². The molecule has 9 nitrogen and oxygen atoms in total. The molecule has 0 rings (SSSR count). The maximum Gasteiger partial charge on any atom is 0.469 e. The monoisotopic (exact) mass is 767 g/mol. The second-order valence-corrected chi connectivity index (χ2v) is 15.0. The fourth-order valence-corrected chi connectivity index (χ4v) is 5.91. The molecule has 10 heteroatoms. The van der Waals surface area contributed by atoms with Crippen LogP contribution < -0.4 is 0 Å². The van der Waals surface area contributed by atoms with E-state index < -0.39 is 38.6 Å². The highest BCUT2D eigenvalue weighted by molar-refractivity contribution is 7.46. The number of esters is 2. The molecule has 0 aliphatic rings. The molecular formula is C43H75O9P. The van der Waals surface area contributed by atoms with Crippen LogP contribution in [0.15, 0.2) is 60.8 Å². The molecule has 0 aliphatic carbocycles. The van der Waals surface area contributed by atoms with Gasteiger partial charge in [-0.15, -0.1) is 0 Å². The molecule has 0 fully saturated rings. The van der Waals surface area contributed by atoms with Crippen molar-refractivity contribution in [2.24, 2.45) is 0 Å². The Bertz CT molecular complexity index is 1060. The van der Waals surface area contributed by atoms with Crippen molar-refractivity contribution < 1.29 is 43.0 Å². The molecule has 0 amide bonds. The van der Waals surface area contributed by atoms with E-state index in [1.807, 2.05) is 42.5 Å². The molecule has 0 bridgehead atoms. The Morgan fingerprint density at radius 1 is 0.604 bits per heavy atom. The summed E-state index contributed by atoms with van der Waals surface area (Å²) >= 11 is 0. The van der Waals surface area contributed by atoms with E-state index in [2.05, 4.69) is 30.5 Å². The van der Waals surface area contributed by atoms with Crippen LogP contribution in [0.5, 0.6) is 0 Å². The third kappa shape index (κ3) is 40.7. The zero-order chi connectivity index (χ0) is 39.1. The molecule has 0 aromatic carbocycles. The van der Waals surface area contributed by atoms with Gasteiger partial charge >= 0.3 is 19.8 Å². The minimum Gasteiger partial charge on any atom is -0.462 e. The highest BCUT2D eigenvalue weighted by Gasteiger charge is 2.22. The Kier molecular flexibility index (Phi) is 36.4. The predicted octanol–water partition coefficient (Wildman–Crippen LogP) is 11.5. The van der Waals surface area contributed by atoms with Crippen molar-refractivity contribution in [3.8, 4) is 0 Å². The maximum absolute atomic E-state index is 12.4. The van der Waals surface area contributed by atoms with Gasteiger partial charge in [-0.2, -0.15) is 0 Å². The first-order valence-corrected chi connectivity index (χ1v) is 22.2. The zero-order valence-corrected chi connectivity index (χ0v) is 34.2. The van der Waals surface area contributed by atoms with E-state index >= 15 is 0 Å². The second-order valence-electron chi connectivity index (χ2n) is 13.8. The minimum atomic E-state index is -4.78. The van der Waals surface area contributed by atoms with Gasteiger partial charge in [0, 0.05) is 12.8 Å². The number of ether oxygens (including phenoxy) is 2. The van der Waals surface area contributed by atoms with Gasteiger partial charge in [0.2, 0.25) is 0 Å². The van der Waals surface area contributed by atoms with Crippen molar-refractivity contribution in [3.63, 3.8) is 0 Å². The maximum atomic E-state index is 12.4. The Hall–Kier alpha value is -2.29. The normalized spacial score (nSPS) is 13.7. The van der Waals surface area contributed by atoms with E-state index in [-0.39, 0.29) is 19.4 Å². The Labute approximate surface area is 322 Å². The summed E-state index contributed by atoms with van der Waals surface area (Å²) in [6, 6.07) is 0.